The van der Waals surface area contributed by atoms with Crippen LogP contribution in [0, 0.1) is 0 Å². The molecule has 2 rings (SSSR count). The Morgan fingerprint density at radius 2 is 2.00 bits per heavy atom. The maximum absolute atomic E-state index is 12.2. The summed E-state index contributed by atoms with van der Waals surface area (Å²) < 4.78 is 46.6. The molecule has 1 aromatic heterocycles. The van der Waals surface area contributed by atoms with Crippen molar-refractivity contribution >= 4 is 29.9 Å². The molecule has 0 saturated carbocycles. The van der Waals surface area contributed by atoms with Gasteiger partial charge in [0.1, 0.15) is 11.5 Å². The van der Waals surface area contributed by atoms with Crippen LogP contribution in [-0.4, -0.2) is 25.3 Å². The van der Waals surface area contributed by atoms with Crippen LogP contribution in [-0.2, 0) is 13.1 Å². The summed E-state index contributed by atoms with van der Waals surface area (Å²) in [6.07, 6.45) is -2.77. The van der Waals surface area contributed by atoms with E-state index >= 15 is 0 Å². The molecule has 9 heteroatoms. The van der Waals surface area contributed by atoms with Gasteiger partial charge < -0.3 is 19.8 Å². The summed E-state index contributed by atoms with van der Waals surface area (Å²) in [5.74, 6) is 1.52. The van der Waals surface area contributed by atoms with Gasteiger partial charge in [0.15, 0.2) is 12.6 Å². The third-order valence-corrected chi connectivity index (χ3v) is 3.08. The number of guanidine groups is 1. The van der Waals surface area contributed by atoms with Crippen LogP contribution in [0.25, 0.3) is 0 Å². The molecule has 2 N–H and O–H groups in total. The van der Waals surface area contributed by atoms with Crippen LogP contribution in [0.15, 0.2) is 52.1 Å². The van der Waals surface area contributed by atoms with Crippen LogP contribution >= 0.6 is 24.0 Å². The zero-order valence-electron chi connectivity index (χ0n) is 14.2. The Balaban J connectivity index is 0.00000338. The standard InChI is InChI=1S/C17H20F3N3O2.HI/c1-2-21-16(23-11-15-7-4-8-24-15)22-10-13-5-3-6-14(9-13)25-12-17(18,19)20;/h3-9H,2,10-12H2,1H3,(H2,21,22,23);1H. The highest BCUT2D eigenvalue weighted by atomic mass is 127. The Bertz CT molecular complexity index is 676. The smallest absolute Gasteiger partial charge is 0.422 e. The fraction of sp³-hybridized carbons (Fsp3) is 0.353. The maximum atomic E-state index is 12.2. The molecule has 0 amide bonds. The first-order chi connectivity index (χ1) is 12.0. The molecule has 0 unspecified atom stereocenters. The number of halogens is 4. The molecule has 0 aliphatic rings. The molecule has 0 saturated heterocycles. The molecule has 144 valence electrons. The highest BCUT2D eigenvalue weighted by Crippen LogP contribution is 2.19. The second-order valence-electron chi connectivity index (χ2n) is 5.18. The quantitative estimate of drug-likeness (QED) is 0.354. The number of nitrogens with zero attached hydrogens (tertiary/aromatic N) is 1. The van der Waals surface area contributed by atoms with Gasteiger partial charge in [0.25, 0.3) is 0 Å². The number of benzene rings is 1. The van der Waals surface area contributed by atoms with E-state index in [0.717, 1.165) is 11.3 Å². The maximum Gasteiger partial charge on any atom is 0.422 e. The van der Waals surface area contributed by atoms with Gasteiger partial charge in [-0.15, -0.1) is 24.0 Å². The minimum atomic E-state index is -4.36. The zero-order valence-corrected chi connectivity index (χ0v) is 16.5. The topological polar surface area (TPSA) is 58.8 Å². The SMILES string of the molecule is CCNC(=NCc1cccc(OCC(F)(F)F)c1)NCc1ccco1.I. The third-order valence-electron chi connectivity index (χ3n) is 3.08. The van der Waals surface area contributed by atoms with Crippen molar-refractivity contribution in [2.75, 3.05) is 13.2 Å². The van der Waals surface area contributed by atoms with Crippen LogP contribution in [0.1, 0.15) is 18.2 Å². The number of alkyl halides is 3. The van der Waals surface area contributed by atoms with Crippen molar-refractivity contribution in [2.24, 2.45) is 4.99 Å². The van der Waals surface area contributed by atoms with Crippen LogP contribution in [0.3, 0.4) is 0 Å². The molecular formula is C17H21F3IN3O2. The van der Waals surface area contributed by atoms with Gasteiger partial charge in [-0.25, -0.2) is 4.99 Å². The van der Waals surface area contributed by atoms with E-state index in [1.807, 2.05) is 13.0 Å². The molecule has 0 radical (unpaired) electrons. The second kappa shape index (κ2) is 10.9. The lowest BCUT2D eigenvalue weighted by molar-refractivity contribution is -0.153. The lowest BCUT2D eigenvalue weighted by Gasteiger charge is -2.11. The lowest BCUT2D eigenvalue weighted by atomic mass is 10.2. The number of hydrogen-bond donors (Lipinski definition) is 2. The van der Waals surface area contributed by atoms with E-state index in [1.54, 1.807) is 30.5 Å². The summed E-state index contributed by atoms with van der Waals surface area (Å²) in [4.78, 5) is 4.41. The Labute approximate surface area is 167 Å². The van der Waals surface area contributed by atoms with Crippen molar-refractivity contribution in [1.82, 2.24) is 10.6 Å². The van der Waals surface area contributed by atoms with E-state index in [1.165, 1.54) is 6.07 Å². The van der Waals surface area contributed by atoms with Gasteiger partial charge in [-0.05, 0) is 36.8 Å². The fourth-order valence-electron chi connectivity index (χ4n) is 1.99. The first-order valence-corrected chi connectivity index (χ1v) is 7.79. The van der Waals surface area contributed by atoms with Crippen molar-refractivity contribution in [3.63, 3.8) is 0 Å². The van der Waals surface area contributed by atoms with Gasteiger partial charge in [0.2, 0.25) is 0 Å². The first kappa shape index (κ1) is 22.1. The van der Waals surface area contributed by atoms with E-state index in [4.69, 9.17) is 9.15 Å². The predicted octanol–water partition coefficient (Wildman–Crippen LogP) is 4.09. The molecule has 0 atom stereocenters. The monoisotopic (exact) mass is 483 g/mol. The molecule has 0 bridgehead atoms. The number of aliphatic imine (C=N–C) groups is 1. The minimum Gasteiger partial charge on any atom is -0.484 e. The molecule has 0 aliphatic heterocycles. The summed E-state index contributed by atoms with van der Waals surface area (Å²) in [6.45, 7) is 2.09. The van der Waals surface area contributed by atoms with E-state index < -0.39 is 12.8 Å². The summed E-state index contributed by atoms with van der Waals surface area (Å²) >= 11 is 0. The number of rotatable bonds is 7. The highest BCUT2D eigenvalue weighted by molar-refractivity contribution is 14.0. The molecule has 0 fully saturated rings. The highest BCUT2D eigenvalue weighted by Gasteiger charge is 2.28. The molecule has 1 aromatic carbocycles. The van der Waals surface area contributed by atoms with Crippen LogP contribution in [0.4, 0.5) is 13.2 Å². The van der Waals surface area contributed by atoms with Gasteiger partial charge in [-0.2, -0.15) is 13.2 Å². The Hall–Kier alpha value is -1.91. The molecule has 0 aliphatic carbocycles. The summed E-state index contributed by atoms with van der Waals surface area (Å²) in [5, 5.41) is 6.21. The number of furan rings is 1. The molecule has 2 aromatic rings. The molecule has 0 spiro atoms. The molecule has 5 nitrogen and oxygen atoms in total. The van der Waals surface area contributed by atoms with Gasteiger partial charge in [-0.1, -0.05) is 12.1 Å². The third kappa shape index (κ3) is 8.45. The summed E-state index contributed by atoms with van der Waals surface area (Å²) in [5.41, 5.74) is 0.745. The fourth-order valence-corrected chi connectivity index (χ4v) is 1.99. The Morgan fingerprint density at radius 1 is 1.19 bits per heavy atom. The van der Waals surface area contributed by atoms with E-state index in [0.29, 0.717) is 25.6 Å². The van der Waals surface area contributed by atoms with E-state index in [2.05, 4.69) is 15.6 Å². The van der Waals surface area contributed by atoms with Gasteiger partial charge >= 0.3 is 6.18 Å². The van der Waals surface area contributed by atoms with Crippen molar-refractivity contribution in [3.05, 3.63) is 54.0 Å². The van der Waals surface area contributed by atoms with Gasteiger partial charge in [-0.3, -0.25) is 0 Å². The minimum absolute atomic E-state index is 0. The van der Waals surface area contributed by atoms with Gasteiger partial charge in [0, 0.05) is 6.54 Å². The average molecular weight is 483 g/mol. The van der Waals surface area contributed by atoms with Crippen molar-refractivity contribution in [1.29, 1.82) is 0 Å². The largest absolute Gasteiger partial charge is 0.484 e. The molecule has 1 heterocycles. The Morgan fingerprint density at radius 3 is 2.65 bits per heavy atom. The normalized spacial score (nSPS) is 11.6. The van der Waals surface area contributed by atoms with Crippen molar-refractivity contribution < 1.29 is 22.3 Å². The average Bonchev–Trinajstić information content (AvgIpc) is 3.09. The number of ether oxygens (including phenoxy) is 1. The summed E-state index contributed by atoms with van der Waals surface area (Å²) in [6, 6.07) is 10.1. The number of nitrogens with one attached hydrogen (secondary N) is 2. The van der Waals surface area contributed by atoms with Crippen LogP contribution in [0.2, 0.25) is 0 Å². The van der Waals surface area contributed by atoms with Crippen LogP contribution in [0.5, 0.6) is 5.75 Å². The van der Waals surface area contributed by atoms with Crippen LogP contribution < -0.4 is 15.4 Å². The van der Waals surface area contributed by atoms with Crippen molar-refractivity contribution in [2.45, 2.75) is 26.2 Å². The first-order valence-electron chi connectivity index (χ1n) is 7.79. The summed E-state index contributed by atoms with van der Waals surface area (Å²) in [7, 11) is 0. The van der Waals surface area contributed by atoms with E-state index in [9.17, 15) is 13.2 Å². The Kier molecular flexibility index (Phi) is 9.31. The zero-order chi connectivity index (χ0) is 18.1. The second-order valence-corrected chi connectivity index (χ2v) is 5.18. The molecular weight excluding hydrogens is 462 g/mol. The molecule has 26 heavy (non-hydrogen) atoms. The van der Waals surface area contributed by atoms with E-state index in [-0.39, 0.29) is 29.7 Å². The number of hydrogen-bond acceptors (Lipinski definition) is 3. The lowest BCUT2D eigenvalue weighted by Crippen LogP contribution is -2.36. The van der Waals surface area contributed by atoms with Crippen molar-refractivity contribution in [3.8, 4) is 5.75 Å². The predicted molar refractivity (Wildman–Crippen MR) is 104 cm³/mol. The van der Waals surface area contributed by atoms with Gasteiger partial charge in [0.05, 0.1) is 19.4 Å².